The van der Waals surface area contributed by atoms with E-state index < -0.39 is 48.0 Å². The number of hydrogen-bond donors (Lipinski definition) is 3. The number of aromatic hydroxyl groups is 1. The number of carbonyl (C=O) groups excluding carboxylic acids is 1. The molecule has 0 unspecified atom stereocenters. The van der Waals surface area contributed by atoms with Gasteiger partial charge < -0.3 is 25.0 Å². The van der Waals surface area contributed by atoms with Crippen LogP contribution in [-0.4, -0.2) is 51.5 Å². The van der Waals surface area contributed by atoms with Gasteiger partial charge in [-0.3, -0.25) is 9.69 Å². The van der Waals surface area contributed by atoms with Gasteiger partial charge in [-0.2, -0.15) is 26.3 Å². The van der Waals surface area contributed by atoms with Crippen molar-refractivity contribution in [3.8, 4) is 11.5 Å². The molecule has 1 aliphatic heterocycles. The van der Waals surface area contributed by atoms with E-state index in [0.717, 1.165) is 0 Å². The van der Waals surface area contributed by atoms with Crippen LogP contribution in [0.25, 0.3) is 0 Å². The van der Waals surface area contributed by atoms with Crippen LogP contribution >= 0.6 is 0 Å². The van der Waals surface area contributed by atoms with Gasteiger partial charge in [0, 0.05) is 24.4 Å². The van der Waals surface area contributed by atoms with Gasteiger partial charge in [-0.1, -0.05) is 6.92 Å². The molecule has 1 aliphatic rings. The van der Waals surface area contributed by atoms with E-state index in [1.807, 2.05) is 6.92 Å². The first-order valence-corrected chi connectivity index (χ1v) is 14.6. The normalized spacial score (nSPS) is 16.4. The number of rotatable bonds is 11. The summed E-state index contributed by atoms with van der Waals surface area (Å²) in [6.07, 6.45) is -9.37. The molecule has 47 heavy (non-hydrogen) atoms. The number of carbonyl (C=O) groups is 2. The van der Waals surface area contributed by atoms with Gasteiger partial charge in [-0.05, 0) is 68.1 Å². The van der Waals surface area contributed by atoms with Crippen molar-refractivity contribution in [2.45, 2.75) is 70.4 Å². The van der Waals surface area contributed by atoms with Crippen LogP contribution in [0.15, 0.2) is 42.6 Å². The molecule has 16 heteroatoms. The largest absolute Gasteiger partial charge is 0.508 e. The van der Waals surface area contributed by atoms with Gasteiger partial charge in [0.25, 0.3) is 0 Å². The number of benzene rings is 2. The molecule has 3 aromatic rings. The lowest BCUT2D eigenvalue weighted by molar-refractivity contribution is -0.143. The van der Waals surface area contributed by atoms with Gasteiger partial charge in [0.1, 0.15) is 5.75 Å². The van der Waals surface area contributed by atoms with Crippen molar-refractivity contribution >= 4 is 23.7 Å². The van der Waals surface area contributed by atoms with E-state index in [4.69, 9.17) is 14.6 Å². The highest BCUT2D eigenvalue weighted by atomic mass is 19.4. The molecule has 0 saturated heterocycles. The van der Waals surface area contributed by atoms with Crippen molar-refractivity contribution < 1.29 is 55.6 Å². The van der Waals surface area contributed by atoms with Gasteiger partial charge in [0.2, 0.25) is 5.95 Å². The number of fused-ring (bicyclic) bond motifs is 1. The summed E-state index contributed by atoms with van der Waals surface area (Å²) in [6, 6.07) is 4.69. The molecule has 2 aromatic carbocycles. The summed E-state index contributed by atoms with van der Waals surface area (Å²) in [4.78, 5) is 33.9. The van der Waals surface area contributed by atoms with Crippen LogP contribution in [0.4, 0.5) is 42.8 Å². The van der Waals surface area contributed by atoms with Gasteiger partial charge in [-0.15, -0.1) is 0 Å². The number of anilines is 2. The Morgan fingerprint density at radius 2 is 1.72 bits per heavy atom. The maximum absolute atomic E-state index is 13.6. The van der Waals surface area contributed by atoms with Crippen molar-refractivity contribution in [1.29, 1.82) is 0 Å². The van der Waals surface area contributed by atoms with E-state index in [1.54, 1.807) is 13.0 Å². The number of carboxylic acid groups (broad SMARTS) is 1. The smallest absolute Gasteiger partial charge is 0.416 e. The second kappa shape index (κ2) is 14.3. The lowest BCUT2D eigenvalue weighted by Gasteiger charge is -2.40. The van der Waals surface area contributed by atoms with Gasteiger partial charge in [0.15, 0.2) is 5.75 Å². The number of phenols is 1. The Morgan fingerprint density at radius 3 is 2.32 bits per heavy atom. The van der Waals surface area contributed by atoms with Crippen LogP contribution in [-0.2, 0) is 28.3 Å². The first-order chi connectivity index (χ1) is 22.1. The Hall–Kier alpha value is -4.76. The number of aromatic nitrogens is 2. The van der Waals surface area contributed by atoms with E-state index >= 15 is 0 Å². The zero-order valence-corrected chi connectivity index (χ0v) is 25.3. The van der Waals surface area contributed by atoms with Gasteiger partial charge >= 0.3 is 24.4 Å². The molecule has 1 amide bonds. The standard InChI is InChI=1S/C31H32F6N4O6/c1-3-20-14-23(22-15-21(42)7-8-25(22)41(20)29(45)46-4-2)39-28-38-16-26(47-9-5-6-27(43)44)24(40-28)12-17-10-18(30(32,33)34)13-19(11-17)31(35,36)37/h7-8,10-11,13,15-16,20,23,42H,3-6,9,12,14H2,1-2H3,(H,43,44)(H,38,39,40)/t20-,23+/m1/s1. The van der Waals surface area contributed by atoms with Crippen molar-refractivity contribution in [1.82, 2.24) is 9.97 Å². The fourth-order valence-corrected chi connectivity index (χ4v) is 5.27. The van der Waals surface area contributed by atoms with Gasteiger partial charge in [0.05, 0.1) is 48.0 Å². The number of amides is 1. The van der Waals surface area contributed by atoms with E-state index in [9.17, 15) is 41.0 Å². The zero-order chi connectivity index (χ0) is 34.5. The predicted octanol–water partition coefficient (Wildman–Crippen LogP) is 7.35. The number of halogens is 6. The number of alkyl halides is 6. The number of nitrogens with one attached hydrogen (secondary N) is 1. The maximum atomic E-state index is 13.6. The summed E-state index contributed by atoms with van der Waals surface area (Å²) in [5.74, 6) is -1.29. The number of phenolic OH excluding ortho intramolecular Hbond substituents is 1. The molecule has 10 nitrogen and oxygen atoms in total. The average Bonchev–Trinajstić information content (AvgIpc) is 2.99. The van der Waals surface area contributed by atoms with E-state index in [2.05, 4.69) is 15.3 Å². The highest BCUT2D eigenvalue weighted by molar-refractivity contribution is 5.90. The Bertz CT molecular complexity index is 1570. The highest BCUT2D eigenvalue weighted by Crippen LogP contribution is 2.42. The SMILES string of the molecule is CCOC(=O)N1c2ccc(O)cc2[C@@H](Nc2ncc(OCCCC(=O)O)c(Cc3cc(C(F)(F)F)cc(C(F)(F)F)c3)n2)C[C@H]1CC. The number of carboxylic acids is 1. The molecule has 2 atom stereocenters. The fraction of sp³-hybridized carbons (Fsp3) is 0.419. The van der Waals surface area contributed by atoms with Crippen LogP contribution in [0.1, 0.15) is 73.5 Å². The number of hydrogen-bond acceptors (Lipinski definition) is 8. The topological polar surface area (TPSA) is 134 Å². The minimum atomic E-state index is -5.06. The van der Waals surface area contributed by atoms with Crippen LogP contribution in [0.3, 0.4) is 0 Å². The maximum Gasteiger partial charge on any atom is 0.416 e. The highest BCUT2D eigenvalue weighted by Gasteiger charge is 2.38. The number of aliphatic carboxylic acids is 1. The molecule has 1 aromatic heterocycles. The molecule has 0 aliphatic carbocycles. The molecule has 0 bridgehead atoms. The predicted molar refractivity (Wildman–Crippen MR) is 156 cm³/mol. The Balaban J connectivity index is 1.73. The zero-order valence-electron chi connectivity index (χ0n) is 25.3. The third-order valence-electron chi connectivity index (χ3n) is 7.40. The van der Waals surface area contributed by atoms with Crippen LogP contribution in [0, 0.1) is 0 Å². The molecule has 2 heterocycles. The summed E-state index contributed by atoms with van der Waals surface area (Å²) in [6.45, 7) is 3.54. The summed E-state index contributed by atoms with van der Waals surface area (Å²) >= 11 is 0. The van der Waals surface area contributed by atoms with E-state index in [0.29, 0.717) is 36.2 Å². The molecular weight excluding hydrogens is 638 g/mol. The first kappa shape index (κ1) is 35.1. The third kappa shape index (κ3) is 8.74. The van der Waals surface area contributed by atoms with Crippen LogP contribution < -0.4 is 15.0 Å². The lowest BCUT2D eigenvalue weighted by Crippen LogP contribution is -2.46. The molecule has 0 fully saturated rings. The number of ether oxygens (including phenoxy) is 2. The summed E-state index contributed by atoms with van der Waals surface area (Å²) in [5.41, 5.74) is -2.44. The minimum absolute atomic E-state index is 0.0272. The molecule has 3 N–H and O–H groups in total. The molecular formula is C31H32F6N4O6. The second-order valence-electron chi connectivity index (χ2n) is 10.7. The summed E-state index contributed by atoms with van der Waals surface area (Å²) in [7, 11) is 0. The van der Waals surface area contributed by atoms with Crippen LogP contribution in [0.2, 0.25) is 0 Å². The minimum Gasteiger partial charge on any atom is -0.508 e. The van der Waals surface area contributed by atoms with Crippen LogP contribution in [0.5, 0.6) is 11.5 Å². The Morgan fingerprint density at radius 1 is 1.04 bits per heavy atom. The van der Waals surface area contributed by atoms with Crippen molar-refractivity contribution in [3.05, 3.63) is 70.5 Å². The molecule has 0 saturated carbocycles. The summed E-state index contributed by atoms with van der Waals surface area (Å²) in [5, 5.41) is 22.3. The molecule has 0 radical (unpaired) electrons. The second-order valence-corrected chi connectivity index (χ2v) is 10.7. The fourth-order valence-electron chi connectivity index (χ4n) is 5.27. The Kier molecular flexibility index (Phi) is 10.7. The van der Waals surface area contributed by atoms with Crippen molar-refractivity contribution in [2.75, 3.05) is 23.4 Å². The molecule has 4 rings (SSSR count). The number of nitrogens with zero attached hydrogens (tertiary/aromatic N) is 3. The first-order valence-electron chi connectivity index (χ1n) is 14.6. The molecule has 254 valence electrons. The van der Waals surface area contributed by atoms with E-state index in [-0.39, 0.29) is 66.9 Å². The van der Waals surface area contributed by atoms with E-state index in [1.165, 1.54) is 23.2 Å². The van der Waals surface area contributed by atoms with Crippen molar-refractivity contribution in [2.24, 2.45) is 0 Å². The summed E-state index contributed by atoms with van der Waals surface area (Å²) < 4.78 is 92.2. The quantitative estimate of drug-likeness (QED) is 0.141. The third-order valence-corrected chi connectivity index (χ3v) is 7.40. The van der Waals surface area contributed by atoms with Crippen molar-refractivity contribution in [3.63, 3.8) is 0 Å². The van der Waals surface area contributed by atoms with Gasteiger partial charge in [-0.25, -0.2) is 14.8 Å². The Labute approximate surface area is 265 Å². The average molecular weight is 671 g/mol. The lowest BCUT2D eigenvalue weighted by atomic mass is 9.90. The monoisotopic (exact) mass is 670 g/mol. The molecule has 0 spiro atoms.